The number of hydrogen-bond acceptors (Lipinski definition) is 6. The Labute approximate surface area is 170 Å². The number of hydrogen-bond donors (Lipinski definition) is 3. The van der Waals surface area contributed by atoms with E-state index in [-0.39, 0.29) is 17.6 Å². The van der Waals surface area contributed by atoms with Crippen molar-refractivity contribution in [2.75, 3.05) is 16.5 Å². The second-order valence-electron chi connectivity index (χ2n) is 6.19. The minimum absolute atomic E-state index is 0.169. The summed E-state index contributed by atoms with van der Waals surface area (Å²) in [7, 11) is 0. The molecule has 0 bridgehead atoms. The number of nitrogens with zero attached hydrogens (tertiary/aromatic N) is 3. The number of nitrogens with two attached hydrogens (primary N) is 1. The van der Waals surface area contributed by atoms with E-state index in [1.807, 2.05) is 0 Å². The average molecular weight is 414 g/mol. The number of thioether (sulfide) groups is 1. The van der Waals surface area contributed by atoms with Gasteiger partial charge < -0.3 is 16.5 Å². The van der Waals surface area contributed by atoms with Crippen LogP contribution < -0.4 is 16.5 Å². The summed E-state index contributed by atoms with van der Waals surface area (Å²) in [6.45, 7) is 3.14. The van der Waals surface area contributed by atoms with Crippen LogP contribution in [-0.4, -0.2) is 31.9 Å². The van der Waals surface area contributed by atoms with Gasteiger partial charge in [-0.3, -0.25) is 9.59 Å². The quantitative estimate of drug-likeness (QED) is 0.422. The summed E-state index contributed by atoms with van der Waals surface area (Å²) in [6.07, 6.45) is 0. The van der Waals surface area contributed by atoms with Crippen LogP contribution in [0, 0.1) is 5.82 Å². The lowest BCUT2D eigenvalue weighted by atomic mass is 10.2. The molecule has 2 amide bonds. The SMILES string of the molecule is CC(=O)Nc1ccc(NC(=O)[C@@H](C)Sc2nnc(-c3ccc(F)cc3)n2N)cc1. The monoisotopic (exact) mass is 414 g/mol. The fraction of sp³-hybridized carbons (Fsp3) is 0.158. The predicted octanol–water partition coefficient (Wildman–Crippen LogP) is 2.88. The van der Waals surface area contributed by atoms with Crippen LogP contribution >= 0.6 is 11.8 Å². The molecule has 2 aromatic carbocycles. The highest BCUT2D eigenvalue weighted by molar-refractivity contribution is 8.00. The highest BCUT2D eigenvalue weighted by Crippen LogP contribution is 2.25. The van der Waals surface area contributed by atoms with Gasteiger partial charge in [0.25, 0.3) is 0 Å². The van der Waals surface area contributed by atoms with Gasteiger partial charge in [-0.15, -0.1) is 10.2 Å². The smallest absolute Gasteiger partial charge is 0.237 e. The van der Waals surface area contributed by atoms with Crippen LogP contribution in [0.1, 0.15) is 13.8 Å². The van der Waals surface area contributed by atoms with Crippen molar-refractivity contribution in [3.05, 3.63) is 54.3 Å². The lowest BCUT2D eigenvalue weighted by Crippen LogP contribution is -2.23. The molecule has 0 saturated heterocycles. The fourth-order valence-electron chi connectivity index (χ4n) is 2.45. The van der Waals surface area contributed by atoms with Crippen LogP contribution in [-0.2, 0) is 9.59 Å². The molecule has 0 unspecified atom stereocenters. The highest BCUT2D eigenvalue weighted by Gasteiger charge is 2.20. The molecule has 3 aromatic rings. The Morgan fingerprint density at radius 1 is 1.03 bits per heavy atom. The molecule has 150 valence electrons. The first-order valence-electron chi connectivity index (χ1n) is 8.65. The van der Waals surface area contributed by atoms with E-state index < -0.39 is 5.25 Å². The number of nitrogen functional groups attached to an aromatic ring is 1. The number of nitrogens with one attached hydrogen (secondary N) is 2. The number of anilines is 2. The summed E-state index contributed by atoms with van der Waals surface area (Å²) in [5.41, 5.74) is 1.85. The Balaban J connectivity index is 1.64. The highest BCUT2D eigenvalue weighted by atomic mass is 32.2. The molecule has 0 fully saturated rings. The average Bonchev–Trinajstić information content (AvgIpc) is 3.04. The van der Waals surface area contributed by atoms with Crippen molar-refractivity contribution >= 4 is 35.0 Å². The van der Waals surface area contributed by atoms with Gasteiger partial charge in [0.2, 0.25) is 17.0 Å². The van der Waals surface area contributed by atoms with Crippen LogP contribution in [0.5, 0.6) is 0 Å². The Morgan fingerprint density at radius 2 is 1.62 bits per heavy atom. The number of carbonyl (C=O) groups is 2. The van der Waals surface area contributed by atoms with E-state index >= 15 is 0 Å². The van der Waals surface area contributed by atoms with Crippen molar-refractivity contribution in [2.45, 2.75) is 24.3 Å². The van der Waals surface area contributed by atoms with Crippen LogP contribution in [0.4, 0.5) is 15.8 Å². The predicted molar refractivity (Wildman–Crippen MR) is 110 cm³/mol. The van der Waals surface area contributed by atoms with E-state index in [0.29, 0.717) is 27.9 Å². The zero-order valence-corrected chi connectivity index (χ0v) is 16.5. The lowest BCUT2D eigenvalue weighted by molar-refractivity contribution is -0.115. The Kier molecular flexibility index (Phi) is 6.13. The van der Waals surface area contributed by atoms with Gasteiger partial charge in [0.1, 0.15) is 5.82 Å². The summed E-state index contributed by atoms with van der Waals surface area (Å²) < 4.78 is 14.4. The van der Waals surface area contributed by atoms with E-state index in [4.69, 9.17) is 5.84 Å². The van der Waals surface area contributed by atoms with Gasteiger partial charge in [-0.2, -0.15) is 0 Å². The van der Waals surface area contributed by atoms with Crippen molar-refractivity contribution in [3.8, 4) is 11.4 Å². The van der Waals surface area contributed by atoms with Crippen LogP contribution in [0.25, 0.3) is 11.4 Å². The van der Waals surface area contributed by atoms with Crippen molar-refractivity contribution < 1.29 is 14.0 Å². The topological polar surface area (TPSA) is 115 Å². The first kappa shape index (κ1) is 20.3. The first-order chi connectivity index (χ1) is 13.8. The molecule has 3 rings (SSSR count). The zero-order chi connectivity index (χ0) is 21.0. The number of amides is 2. The maximum atomic E-state index is 13.1. The van der Waals surface area contributed by atoms with Gasteiger partial charge in [-0.25, -0.2) is 9.07 Å². The lowest BCUT2D eigenvalue weighted by Gasteiger charge is -2.12. The summed E-state index contributed by atoms with van der Waals surface area (Å²) in [5.74, 6) is 5.64. The molecule has 1 aromatic heterocycles. The molecular formula is C19H19FN6O2S. The molecule has 0 aliphatic heterocycles. The summed E-state index contributed by atoms with van der Waals surface area (Å²) in [6, 6.07) is 12.5. The van der Waals surface area contributed by atoms with Crippen molar-refractivity contribution in [1.82, 2.24) is 14.9 Å². The van der Waals surface area contributed by atoms with E-state index in [9.17, 15) is 14.0 Å². The number of benzene rings is 2. The van der Waals surface area contributed by atoms with Gasteiger partial charge in [0.05, 0.1) is 5.25 Å². The molecule has 0 aliphatic carbocycles. The molecule has 10 heteroatoms. The van der Waals surface area contributed by atoms with Gasteiger partial charge in [0.15, 0.2) is 5.82 Å². The number of carbonyl (C=O) groups excluding carboxylic acids is 2. The second-order valence-corrected chi connectivity index (χ2v) is 7.50. The summed E-state index contributed by atoms with van der Waals surface area (Å²) >= 11 is 1.15. The molecule has 0 radical (unpaired) electrons. The van der Waals surface area contributed by atoms with Crippen LogP contribution in [0.3, 0.4) is 0 Å². The van der Waals surface area contributed by atoms with E-state index in [1.165, 1.54) is 23.7 Å². The maximum absolute atomic E-state index is 13.1. The summed E-state index contributed by atoms with van der Waals surface area (Å²) in [4.78, 5) is 23.5. The number of halogens is 1. The fourth-order valence-corrected chi connectivity index (χ4v) is 3.22. The molecule has 4 N–H and O–H groups in total. The third-order valence-corrected chi connectivity index (χ3v) is 4.95. The van der Waals surface area contributed by atoms with Crippen molar-refractivity contribution in [2.24, 2.45) is 0 Å². The molecule has 8 nitrogen and oxygen atoms in total. The van der Waals surface area contributed by atoms with Crippen molar-refractivity contribution in [1.29, 1.82) is 0 Å². The molecule has 0 aliphatic rings. The number of aromatic nitrogens is 3. The van der Waals surface area contributed by atoms with E-state index in [0.717, 1.165) is 11.8 Å². The zero-order valence-electron chi connectivity index (χ0n) is 15.7. The maximum Gasteiger partial charge on any atom is 0.237 e. The Morgan fingerprint density at radius 3 is 2.21 bits per heavy atom. The van der Waals surface area contributed by atoms with Gasteiger partial charge >= 0.3 is 0 Å². The number of rotatable bonds is 6. The largest absolute Gasteiger partial charge is 0.335 e. The first-order valence-corrected chi connectivity index (χ1v) is 9.53. The van der Waals surface area contributed by atoms with Gasteiger partial charge in [0, 0.05) is 23.9 Å². The molecule has 1 heterocycles. The van der Waals surface area contributed by atoms with E-state index in [2.05, 4.69) is 20.8 Å². The third kappa shape index (κ3) is 5.11. The Bertz CT molecular complexity index is 1020. The summed E-state index contributed by atoms with van der Waals surface area (Å²) in [5, 5.41) is 13.3. The minimum Gasteiger partial charge on any atom is -0.335 e. The van der Waals surface area contributed by atoms with Crippen molar-refractivity contribution in [3.63, 3.8) is 0 Å². The third-order valence-electron chi connectivity index (χ3n) is 3.89. The second kappa shape index (κ2) is 8.74. The Hall–Kier alpha value is -3.40. The van der Waals surface area contributed by atoms with Crippen LogP contribution in [0.2, 0.25) is 0 Å². The van der Waals surface area contributed by atoms with Gasteiger partial charge in [-0.05, 0) is 55.5 Å². The molecular weight excluding hydrogens is 395 g/mol. The van der Waals surface area contributed by atoms with E-state index in [1.54, 1.807) is 43.3 Å². The normalized spacial score (nSPS) is 11.7. The minimum atomic E-state index is -0.502. The molecule has 0 saturated carbocycles. The standard InChI is InChI=1S/C19H19FN6O2S/c1-11(18(28)23-16-9-7-15(8-10-16)22-12(2)27)29-19-25-24-17(26(19)21)13-3-5-14(20)6-4-13/h3-11H,21H2,1-2H3,(H,22,27)(H,23,28)/t11-/m1/s1. The molecule has 29 heavy (non-hydrogen) atoms. The van der Waals surface area contributed by atoms with Crippen LogP contribution in [0.15, 0.2) is 53.7 Å². The molecule has 1 atom stereocenters. The molecule has 0 spiro atoms. The van der Waals surface area contributed by atoms with Gasteiger partial charge in [-0.1, -0.05) is 11.8 Å².